The van der Waals surface area contributed by atoms with E-state index in [1.807, 2.05) is 12.3 Å². The van der Waals surface area contributed by atoms with Gasteiger partial charge in [-0.2, -0.15) is 0 Å². The molecule has 0 spiro atoms. The van der Waals surface area contributed by atoms with Gasteiger partial charge in [-0.1, -0.05) is 0 Å². The normalized spacial score (nSPS) is 17.1. The van der Waals surface area contributed by atoms with E-state index in [9.17, 15) is 0 Å². The van der Waals surface area contributed by atoms with Crippen LogP contribution in [0.4, 0.5) is 5.69 Å². The molecule has 3 heteroatoms. The Labute approximate surface area is 71.8 Å². The number of aryl methyl sites for hydroxylation is 1. The quantitative estimate of drug-likeness (QED) is 0.713. The van der Waals surface area contributed by atoms with Crippen LogP contribution in [0.1, 0.15) is 5.56 Å². The summed E-state index contributed by atoms with van der Waals surface area (Å²) in [7, 11) is 0. The standard InChI is InChI=1S/C9H12N2O/c1-7-2-3-10-4-9(7)11-8-5-12-6-8/h2-4,8,11H,5-6H2,1H3. The number of nitrogens with zero attached hydrogens (tertiary/aromatic N) is 1. The fourth-order valence-corrected chi connectivity index (χ4v) is 1.15. The van der Waals surface area contributed by atoms with Gasteiger partial charge in [-0.25, -0.2) is 0 Å². The topological polar surface area (TPSA) is 34.2 Å². The lowest BCUT2D eigenvalue weighted by molar-refractivity contribution is 0.0211. The van der Waals surface area contributed by atoms with E-state index in [0.29, 0.717) is 6.04 Å². The van der Waals surface area contributed by atoms with Gasteiger partial charge in [-0.15, -0.1) is 0 Å². The van der Waals surface area contributed by atoms with Crippen molar-refractivity contribution in [1.82, 2.24) is 4.98 Å². The third-order valence-corrected chi connectivity index (χ3v) is 2.04. The Balaban J connectivity index is 2.06. The maximum Gasteiger partial charge on any atom is 0.0729 e. The minimum absolute atomic E-state index is 0.480. The predicted molar refractivity (Wildman–Crippen MR) is 47.2 cm³/mol. The minimum atomic E-state index is 0.480. The number of hydrogen-bond donors (Lipinski definition) is 1. The fourth-order valence-electron chi connectivity index (χ4n) is 1.15. The number of pyridine rings is 1. The summed E-state index contributed by atoms with van der Waals surface area (Å²) in [6, 6.07) is 2.48. The molecular weight excluding hydrogens is 152 g/mol. The molecule has 1 saturated heterocycles. The zero-order valence-electron chi connectivity index (χ0n) is 7.08. The predicted octanol–water partition coefficient (Wildman–Crippen LogP) is 1.20. The zero-order valence-corrected chi connectivity index (χ0v) is 7.08. The van der Waals surface area contributed by atoms with E-state index in [-0.39, 0.29) is 0 Å². The second-order valence-corrected chi connectivity index (χ2v) is 3.07. The molecule has 1 aliphatic heterocycles. The summed E-state index contributed by atoms with van der Waals surface area (Å²) in [4.78, 5) is 4.05. The van der Waals surface area contributed by atoms with Gasteiger partial charge >= 0.3 is 0 Å². The van der Waals surface area contributed by atoms with Crippen molar-refractivity contribution in [3.8, 4) is 0 Å². The minimum Gasteiger partial charge on any atom is -0.377 e. The van der Waals surface area contributed by atoms with Crippen LogP contribution < -0.4 is 5.32 Å². The lowest BCUT2D eigenvalue weighted by atomic mass is 10.2. The van der Waals surface area contributed by atoms with Gasteiger partial charge in [0.1, 0.15) is 0 Å². The van der Waals surface area contributed by atoms with E-state index < -0.39 is 0 Å². The third kappa shape index (κ3) is 1.41. The number of ether oxygens (including phenoxy) is 1. The van der Waals surface area contributed by atoms with Crippen molar-refractivity contribution < 1.29 is 4.74 Å². The number of hydrogen-bond acceptors (Lipinski definition) is 3. The first-order valence-electron chi connectivity index (χ1n) is 4.11. The highest BCUT2D eigenvalue weighted by Gasteiger charge is 2.17. The number of anilines is 1. The molecule has 0 aliphatic carbocycles. The first kappa shape index (κ1) is 7.55. The molecule has 1 N–H and O–H groups in total. The van der Waals surface area contributed by atoms with Gasteiger partial charge in [0.15, 0.2) is 0 Å². The Bertz CT molecular complexity index is 271. The summed E-state index contributed by atoms with van der Waals surface area (Å²) in [5.41, 5.74) is 2.35. The molecule has 0 saturated carbocycles. The molecular formula is C9H12N2O. The molecule has 64 valence electrons. The van der Waals surface area contributed by atoms with Crippen LogP contribution in [0.5, 0.6) is 0 Å². The highest BCUT2D eigenvalue weighted by atomic mass is 16.5. The molecule has 0 unspecified atom stereocenters. The Morgan fingerprint density at radius 3 is 3.00 bits per heavy atom. The van der Waals surface area contributed by atoms with Crippen LogP contribution in [0, 0.1) is 6.92 Å². The van der Waals surface area contributed by atoms with E-state index >= 15 is 0 Å². The molecule has 3 nitrogen and oxygen atoms in total. The maximum atomic E-state index is 5.06. The summed E-state index contributed by atoms with van der Waals surface area (Å²) >= 11 is 0. The van der Waals surface area contributed by atoms with E-state index in [4.69, 9.17) is 4.74 Å². The Morgan fingerprint density at radius 1 is 1.58 bits per heavy atom. The Morgan fingerprint density at radius 2 is 2.42 bits per heavy atom. The van der Waals surface area contributed by atoms with Gasteiger partial charge in [-0.3, -0.25) is 4.98 Å². The fraction of sp³-hybridized carbons (Fsp3) is 0.444. The second-order valence-electron chi connectivity index (χ2n) is 3.07. The van der Waals surface area contributed by atoms with Crippen LogP contribution in [-0.2, 0) is 4.74 Å². The third-order valence-electron chi connectivity index (χ3n) is 2.04. The van der Waals surface area contributed by atoms with Gasteiger partial charge in [0.2, 0.25) is 0 Å². The molecule has 0 atom stereocenters. The van der Waals surface area contributed by atoms with Crippen molar-refractivity contribution in [2.45, 2.75) is 13.0 Å². The Hall–Kier alpha value is -1.09. The summed E-state index contributed by atoms with van der Waals surface area (Å²) in [5, 5.41) is 3.36. The summed E-state index contributed by atoms with van der Waals surface area (Å²) in [6.07, 6.45) is 3.66. The highest BCUT2D eigenvalue weighted by Crippen LogP contribution is 2.15. The molecule has 1 fully saturated rings. The van der Waals surface area contributed by atoms with Crippen LogP contribution in [0.15, 0.2) is 18.5 Å². The summed E-state index contributed by atoms with van der Waals surface area (Å²) in [6.45, 7) is 3.70. The van der Waals surface area contributed by atoms with Gasteiger partial charge < -0.3 is 10.1 Å². The molecule has 1 aromatic heterocycles. The van der Waals surface area contributed by atoms with Crippen molar-refractivity contribution >= 4 is 5.69 Å². The van der Waals surface area contributed by atoms with Crippen LogP contribution in [-0.4, -0.2) is 24.2 Å². The van der Waals surface area contributed by atoms with E-state index in [1.165, 1.54) is 5.56 Å². The van der Waals surface area contributed by atoms with Gasteiger partial charge in [0.25, 0.3) is 0 Å². The molecule has 1 aromatic rings. The van der Waals surface area contributed by atoms with Crippen molar-refractivity contribution in [3.05, 3.63) is 24.0 Å². The average molecular weight is 164 g/mol. The van der Waals surface area contributed by atoms with Gasteiger partial charge in [-0.05, 0) is 18.6 Å². The summed E-state index contributed by atoms with van der Waals surface area (Å²) in [5.74, 6) is 0. The lowest BCUT2D eigenvalue weighted by Crippen LogP contribution is -2.40. The number of rotatable bonds is 2. The van der Waals surface area contributed by atoms with Crippen LogP contribution in [0.25, 0.3) is 0 Å². The Kier molecular flexibility index (Phi) is 1.96. The van der Waals surface area contributed by atoms with E-state index in [2.05, 4.69) is 17.2 Å². The monoisotopic (exact) mass is 164 g/mol. The second kappa shape index (κ2) is 3.11. The molecule has 0 radical (unpaired) electrons. The van der Waals surface area contributed by atoms with E-state index in [1.54, 1.807) is 6.20 Å². The van der Waals surface area contributed by atoms with Crippen molar-refractivity contribution in [1.29, 1.82) is 0 Å². The first-order chi connectivity index (χ1) is 5.86. The van der Waals surface area contributed by atoms with E-state index in [0.717, 1.165) is 18.9 Å². The lowest BCUT2D eigenvalue weighted by Gasteiger charge is -2.28. The zero-order chi connectivity index (χ0) is 8.39. The molecule has 0 bridgehead atoms. The van der Waals surface area contributed by atoms with Crippen LogP contribution in [0.2, 0.25) is 0 Å². The molecule has 2 rings (SSSR count). The highest BCUT2D eigenvalue weighted by molar-refractivity contribution is 5.48. The molecule has 2 heterocycles. The number of nitrogens with one attached hydrogen (secondary N) is 1. The first-order valence-corrected chi connectivity index (χ1v) is 4.11. The van der Waals surface area contributed by atoms with Gasteiger partial charge in [0.05, 0.1) is 31.1 Å². The SMILES string of the molecule is Cc1ccncc1NC1COC1. The molecule has 0 amide bonds. The maximum absolute atomic E-state index is 5.06. The largest absolute Gasteiger partial charge is 0.377 e. The number of aromatic nitrogens is 1. The smallest absolute Gasteiger partial charge is 0.0729 e. The van der Waals surface area contributed by atoms with Crippen LogP contribution in [0.3, 0.4) is 0 Å². The average Bonchev–Trinajstić information content (AvgIpc) is 2.00. The van der Waals surface area contributed by atoms with Crippen molar-refractivity contribution in [2.24, 2.45) is 0 Å². The molecule has 1 aliphatic rings. The van der Waals surface area contributed by atoms with Crippen LogP contribution >= 0.6 is 0 Å². The van der Waals surface area contributed by atoms with Crippen molar-refractivity contribution in [3.63, 3.8) is 0 Å². The molecule has 12 heavy (non-hydrogen) atoms. The van der Waals surface area contributed by atoms with Crippen molar-refractivity contribution in [2.75, 3.05) is 18.5 Å². The summed E-state index contributed by atoms with van der Waals surface area (Å²) < 4.78 is 5.06. The van der Waals surface area contributed by atoms with Gasteiger partial charge in [0, 0.05) is 6.20 Å². The molecule has 0 aromatic carbocycles.